The number of hydrogen-bond donors (Lipinski definition) is 2. The molecule has 0 saturated heterocycles. The summed E-state index contributed by atoms with van der Waals surface area (Å²) >= 11 is 5.71. The highest BCUT2D eigenvalue weighted by Gasteiger charge is 2.19. The number of rotatable bonds is 4. The summed E-state index contributed by atoms with van der Waals surface area (Å²) in [5, 5.41) is 10.2. The third-order valence-electron chi connectivity index (χ3n) is 2.38. The van der Waals surface area contributed by atoms with Crippen molar-refractivity contribution in [2.75, 3.05) is 0 Å². The molecule has 0 aliphatic heterocycles. The van der Waals surface area contributed by atoms with Crippen LogP contribution in [0.15, 0.2) is 18.2 Å². The molecule has 0 aliphatic rings. The van der Waals surface area contributed by atoms with Gasteiger partial charge in [0.25, 0.3) is 0 Å². The van der Waals surface area contributed by atoms with E-state index in [0.717, 1.165) is 0 Å². The van der Waals surface area contributed by atoms with Crippen LogP contribution in [0, 0.1) is 11.7 Å². The number of halogens is 2. The van der Waals surface area contributed by atoms with E-state index in [4.69, 9.17) is 17.3 Å². The molecule has 0 heterocycles. The zero-order valence-corrected chi connectivity index (χ0v) is 10.2. The Hall–Kier alpha value is -0.640. The lowest BCUT2D eigenvalue weighted by Gasteiger charge is -2.21. The first kappa shape index (κ1) is 13.4. The van der Waals surface area contributed by atoms with Gasteiger partial charge in [-0.3, -0.25) is 0 Å². The largest absolute Gasteiger partial charge is 0.387 e. The Morgan fingerprint density at radius 2 is 2.00 bits per heavy atom. The maximum absolute atomic E-state index is 13.1. The second-order valence-electron chi connectivity index (χ2n) is 4.44. The normalized spacial score (nSPS) is 15.2. The Kier molecular flexibility index (Phi) is 4.71. The maximum atomic E-state index is 13.1. The molecule has 0 spiro atoms. The van der Waals surface area contributed by atoms with Crippen molar-refractivity contribution in [3.05, 3.63) is 34.6 Å². The van der Waals surface area contributed by atoms with Gasteiger partial charge in [0.2, 0.25) is 0 Å². The van der Waals surface area contributed by atoms with Crippen molar-refractivity contribution < 1.29 is 9.50 Å². The molecule has 2 nitrogen and oxygen atoms in total. The monoisotopic (exact) mass is 245 g/mol. The minimum absolute atomic E-state index is 0.269. The second kappa shape index (κ2) is 5.62. The predicted molar refractivity (Wildman–Crippen MR) is 63.8 cm³/mol. The molecule has 0 radical (unpaired) electrons. The molecule has 1 aromatic rings. The van der Waals surface area contributed by atoms with Crippen molar-refractivity contribution in [1.29, 1.82) is 0 Å². The molecule has 0 amide bonds. The SMILES string of the molecule is CC(C)CC(N)C(O)c1cc(F)cc(Cl)c1. The van der Waals surface area contributed by atoms with E-state index in [1.54, 1.807) is 0 Å². The topological polar surface area (TPSA) is 46.2 Å². The maximum Gasteiger partial charge on any atom is 0.125 e. The molecule has 2 unspecified atom stereocenters. The third-order valence-corrected chi connectivity index (χ3v) is 2.59. The van der Waals surface area contributed by atoms with Crippen LogP contribution in [0.25, 0.3) is 0 Å². The van der Waals surface area contributed by atoms with Crippen molar-refractivity contribution in [3.8, 4) is 0 Å². The highest BCUT2D eigenvalue weighted by molar-refractivity contribution is 6.30. The van der Waals surface area contributed by atoms with Gasteiger partial charge in [-0.1, -0.05) is 25.4 Å². The lowest BCUT2D eigenvalue weighted by molar-refractivity contribution is 0.135. The Morgan fingerprint density at radius 1 is 1.38 bits per heavy atom. The first-order chi connectivity index (χ1) is 7.40. The van der Waals surface area contributed by atoms with Gasteiger partial charge in [0.1, 0.15) is 5.82 Å². The molecular formula is C12H17ClFNO. The molecule has 2 atom stereocenters. The summed E-state index contributed by atoms with van der Waals surface area (Å²) < 4.78 is 13.1. The van der Waals surface area contributed by atoms with E-state index in [2.05, 4.69) is 0 Å². The van der Waals surface area contributed by atoms with Crippen molar-refractivity contribution in [2.24, 2.45) is 11.7 Å². The van der Waals surface area contributed by atoms with Gasteiger partial charge in [0.05, 0.1) is 6.10 Å². The summed E-state index contributed by atoms with van der Waals surface area (Å²) in [5.74, 6) is -0.0769. The minimum Gasteiger partial charge on any atom is -0.387 e. The van der Waals surface area contributed by atoms with E-state index >= 15 is 0 Å². The lowest BCUT2D eigenvalue weighted by atomic mass is 9.95. The van der Waals surface area contributed by atoms with Gasteiger partial charge in [-0.25, -0.2) is 4.39 Å². The number of aliphatic hydroxyl groups is 1. The van der Waals surface area contributed by atoms with Crippen LogP contribution < -0.4 is 5.73 Å². The zero-order valence-electron chi connectivity index (χ0n) is 9.45. The molecule has 1 aromatic carbocycles. The molecule has 3 N–H and O–H groups in total. The number of benzene rings is 1. The van der Waals surface area contributed by atoms with Crippen molar-refractivity contribution in [3.63, 3.8) is 0 Å². The smallest absolute Gasteiger partial charge is 0.125 e. The van der Waals surface area contributed by atoms with Gasteiger partial charge in [-0.15, -0.1) is 0 Å². The van der Waals surface area contributed by atoms with Gasteiger partial charge in [0, 0.05) is 11.1 Å². The van der Waals surface area contributed by atoms with Gasteiger partial charge in [-0.2, -0.15) is 0 Å². The molecule has 0 bridgehead atoms. The van der Waals surface area contributed by atoms with E-state index in [9.17, 15) is 9.50 Å². The van der Waals surface area contributed by atoms with Crippen LogP contribution in [0.5, 0.6) is 0 Å². The van der Waals surface area contributed by atoms with Gasteiger partial charge >= 0.3 is 0 Å². The number of aliphatic hydroxyl groups excluding tert-OH is 1. The number of hydrogen-bond acceptors (Lipinski definition) is 2. The predicted octanol–water partition coefficient (Wildman–Crippen LogP) is 2.89. The average molecular weight is 246 g/mol. The summed E-state index contributed by atoms with van der Waals surface area (Å²) in [4.78, 5) is 0. The quantitative estimate of drug-likeness (QED) is 0.857. The molecule has 0 aromatic heterocycles. The Morgan fingerprint density at radius 3 is 2.50 bits per heavy atom. The van der Waals surface area contributed by atoms with Gasteiger partial charge in [0.15, 0.2) is 0 Å². The van der Waals surface area contributed by atoms with Crippen molar-refractivity contribution >= 4 is 11.6 Å². The second-order valence-corrected chi connectivity index (χ2v) is 4.88. The van der Waals surface area contributed by atoms with Crippen molar-refractivity contribution in [1.82, 2.24) is 0 Å². The molecule has 16 heavy (non-hydrogen) atoms. The fourth-order valence-corrected chi connectivity index (χ4v) is 1.90. The van der Waals surface area contributed by atoms with Gasteiger partial charge in [-0.05, 0) is 36.1 Å². The molecule has 0 fully saturated rings. The van der Waals surface area contributed by atoms with Crippen LogP contribution in [0.1, 0.15) is 31.9 Å². The molecule has 90 valence electrons. The zero-order chi connectivity index (χ0) is 12.3. The lowest BCUT2D eigenvalue weighted by Crippen LogP contribution is -2.29. The van der Waals surface area contributed by atoms with Gasteiger partial charge < -0.3 is 10.8 Å². The summed E-state index contributed by atoms with van der Waals surface area (Å²) in [5.41, 5.74) is 6.26. The highest BCUT2D eigenvalue weighted by Crippen LogP contribution is 2.24. The summed E-state index contributed by atoms with van der Waals surface area (Å²) in [6.07, 6.45) is -0.203. The molecule has 4 heteroatoms. The summed E-state index contributed by atoms with van der Waals surface area (Å²) in [6.45, 7) is 4.04. The third kappa shape index (κ3) is 3.74. The van der Waals surface area contributed by atoms with E-state index in [1.807, 2.05) is 13.8 Å². The standard InChI is InChI=1S/C12H17ClFNO/c1-7(2)3-11(15)12(16)8-4-9(13)6-10(14)5-8/h4-7,11-12,16H,3,15H2,1-2H3. The first-order valence-electron chi connectivity index (χ1n) is 5.29. The Labute approximate surface area is 100 Å². The highest BCUT2D eigenvalue weighted by atomic mass is 35.5. The van der Waals surface area contributed by atoms with Crippen LogP contribution in [-0.4, -0.2) is 11.1 Å². The minimum atomic E-state index is -0.879. The molecular weight excluding hydrogens is 229 g/mol. The Balaban J connectivity index is 2.82. The fraction of sp³-hybridized carbons (Fsp3) is 0.500. The van der Waals surface area contributed by atoms with Crippen LogP contribution in [-0.2, 0) is 0 Å². The first-order valence-corrected chi connectivity index (χ1v) is 5.67. The van der Waals surface area contributed by atoms with E-state index < -0.39 is 18.0 Å². The molecule has 1 rings (SSSR count). The summed E-state index contributed by atoms with van der Waals surface area (Å²) in [7, 11) is 0. The van der Waals surface area contributed by atoms with E-state index in [0.29, 0.717) is 17.9 Å². The molecule has 0 saturated carbocycles. The van der Waals surface area contributed by atoms with E-state index in [-0.39, 0.29) is 5.02 Å². The van der Waals surface area contributed by atoms with Crippen LogP contribution in [0.4, 0.5) is 4.39 Å². The number of nitrogens with two attached hydrogens (primary N) is 1. The van der Waals surface area contributed by atoms with Crippen molar-refractivity contribution in [2.45, 2.75) is 32.4 Å². The van der Waals surface area contributed by atoms with Crippen LogP contribution in [0.3, 0.4) is 0 Å². The fourth-order valence-electron chi connectivity index (χ4n) is 1.67. The summed E-state index contributed by atoms with van der Waals surface area (Å²) in [6, 6.07) is 3.59. The average Bonchev–Trinajstić information content (AvgIpc) is 2.13. The Bertz CT molecular complexity index is 337. The van der Waals surface area contributed by atoms with Crippen LogP contribution in [0.2, 0.25) is 5.02 Å². The van der Waals surface area contributed by atoms with E-state index in [1.165, 1.54) is 18.2 Å². The molecule has 0 aliphatic carbocycles. The van der Waals surface area contributed by atoms with Crippen LogP contribution >= 0.6 is 11.6 Å².